The van der Waals surface area contributed by atoms with Crippen molar-refractivity contribution in [1.82, 2.24) is 10.2 Å². The number of aliphatic imine (C=N–C) groups is 2. The van der Waals surface area contributed by atoms with Crippen molar-refractivity contribution in [3.05, 3.63) is 118 Å². The van der Waals surface area contributed by atoms with E-state index < -0.39 is 0 Å². The summed E-state index contributed by atoms with van der Waals surface area (Å²) in [4.78, 5) is 12.3. The molecule has 3 aliphatic rings. The van der Waals surface area contributed by atoms with E-state index in [1.54, 1.807) is 23.5 Å². The molecule has 6 rings (SSSR count). The lowest BCUT2D eigenvalue weighted by Gasteiger charge is -2.21. The van der Waals surface area contributed by atoms with Crippen LogP contribution in [0.2, 0.25) is 0 Å². The second kappa shape index (κ2) is 11.6. The van der Waals surface area contributed by atoms with Gasteiger partial charge in [0.05, 0.1) is 19.1 Å². The molecule has 3 aromatic carbocycles. The van der Waals surface area contributed by atoms with Gasteiger partial charge in [-0.2, -0.15) is 0 Å². The first-order valence-electron chi connectivity index (χ1n) is 11.2. The molecule has 1 N–H and O–H groups in total. The van der Waals surface area contributed by atoms with Crippen LogP contribution in [-0.2, 0) is 13.1 Å². The number of amidine groups is 2. The lowest BCUT2D eigenvalue weighted by molar-refractivity contribution is 0.529. The smallest absolute Gasteiger partial charge is 0.168 e. The minimum absolute atomic E-state index is 0. The highest BCUT2D eigenvalue weighted by atomic mass is 35.5. The number of nitrogens with one attached hydrogen (secondary N) is 1. The Morgan fingerprint density at radius 1 is 0.857 bits per heavy atom. The number of thioether (sulfide) groups is 2. The van der Waals surface area contributed by atoms with Gasteiger partial charge in [0, 0.05) is 11.4 Å². The zero-order chi connectivity index (χ0) is 22.0. The van der Waals surface area contributed by atoms with Gasteiger partial charge in [-0.25, -0.2) is 0 Å². The lowest BCUT2D eigenvalue weighted by Crippen LogP contribution is -2.26. The van der Waals surface area contributed by atoms with E-state index in [1.807, 2.05) is 0 Å². The Hall–Kier alpha value is -2.38. The first-order chi connectivity index (χ1) is 16.3. The quantitative estimate of drug-likeness (QED) is 0.388. The maximum atomic E-state index is 5.12. The van der Waals surface area contributed by atoms with Gasteiger partial charge in [-0.3, -0.25) is 9.98 Å². The molecule has 0 aromatic heterocycles. The van der Waals surface area contributed by atoms with Gasteiger partial charge in [-0.1, -0.05) is 108 Å². The fraction of sp³-hybridized carbons (Fsp3) is 0.185. The van der Waals surface area contributed by atoms with Crippen LogP contribution in [0.4, 0.5) is 0 Å². The largest absolute Gasteiger partial charge is 0.356 e. The van der Waals surface area contributed by atoms with Gasteiger partial charge < -0.3 is 10.2 Å². The highest BCUT2D eigenvalue weighted by Crippen LogP contribution is 2.39. The van der Waals surface area contributed by atoms with Crippen LogP contribution in [-0.4, -0.2) is 21.0 Å². The second-order valence-corrected chi connectivity index (χ2v) is 10.1. The van der Waals surface area contributed by atoms with E-state index in [0.717, 1.165) is 29.2 Å². The number of fused-ring (bicyclic) bond motifs is 2. The average molecular weight is 542 g/mol. The van der Waals surface area contributed by atoms with Crippen LogP contribution in [0.3, 0.4) is 0 Å². The number of hydrogen-bond donors (Lipinski definition) is 1. The molecule has 0 amide bonds. The number of hydrogen-bond acceptors (Lipinski definition) is 6. The van der Waals surface area contributed by atoms with Crippen molar-refractivity contribution in [2.45, 2.75) is 25.2 Å². The van der Waals surface area contributed by atoms with E-state index in [2.05, 4.69) is 101 Å². The Labute approximate surface area is 227 Å². The number of benzene rings is 3. The van der Waals surface area contributed by atoms with Crippen molar-refractivity contribution in [1.29, 1.82) is 0 Å². The minimum Gasteiger partial charge on any atom is -0.356 e. The molecule has 35 heavy (non-hydrogen) atoms. The Bertz CT molecular complexity index is 1250. The first-order valence-corrected chi connectivity index (χ1v) is 13.0. The predicted molar refractivity (Wildman–Crippen MR) is 155 cm³/mol. The standard InChI is InChI=1S/C27H24N4S2.2ClH/c1-3-9-19(10-4-1)24-25(20-11-5-2-6-12-20)30-26(29-24)32-17-23-18-33-27-28-15-21-13-7-8-14-22(21)16-31(23)27;;/h1-14,18,24-25H,15-17H2,(H,29,30);2*1H/t24-,25-;;/m0../s1. The zero-order valence-corrected chi connectivity index (χ0v) is 22.2. The van der Waals surface area contributed by atoms with Gasteiger partial charge in [0.1, 0.15) is 6.04 Å². The van der Waals surface area contributed by atoms with Crippen molar-refractivity contribution in [3.8, 4) is 0 Å². The summed E-state index contributed by atoms with van der Waals surface area (Å²) < 4.78 is 0. The molecule has 3 aliphatic heterocycles. The van der Waals surface area contributed by atoms with Crippen molar-refractivity contribution in [3.63, 3.8) is 0 Å². The van der Waals surface area contributed by atoms with Crippen LogP contribution < -0.4 is 5.32 Å². The number of halogens is 2. The molecule has 0 fully saturated rings. The summed E-state index contributed by atoms with van der Waals surface area (Å²) in [6, 6.07) is 30.1. The van der Waals surface area contributed by atoms with E-state index in [-0.39, 0.29) is 36.9 Å². The van der Waals surface area contributed by atoms with E-state index in [9.17, 15) is 0 Å². The summed E-state index contributed by atoms with van der Waals surface area (Å²) in [5.74, 6) is 0.864. The van der Waals surface area contributed by atoms with Crippen LogP contribution in [0, 0.1) is 0 Å². The van der Waals surface area contributed by atoms with Crippen LogP contribution in [0.1, 0.15) is 34.3 Å². The van der Waals surface area contributed by atoms with Crippen LogP contribution in [0.25, 0.3) is 0 Å². The maximum absolute atomic E-state index is 5.12. The maximum Gasteiger partial charge on any atom is 0.168 e. The van der Waals surface area contributed by atoms with Crippen LogP contribution in [0.5, 0.6) is 0 Å². The Morgan fingerprint density at radius 2 is 1.51 bits per heavy atom. The van der Waals surface area contributed by atoms with E-state index in [1.165, 1.54) is 28.0 Å². The fourth-order valence-corrected chi connectivity index (χ4v) is 6.41. The minimum atomic E-state index is 0. The zero-order valence-electron chi connectivity index (χ0n) is 18.9. The fourth-order valence-electron chi connectivity index (χ4n) is 4.48. The lowest BCUT2D eigenvalue weighted by atomic mass is 9.95. The molecule has 180 valence electrons. The Morgan fingerprint density at radius 3 is 2.26 bits per heavy atom. The Kier molecular flexibility index (Phi) is 8.50. The summed E-state index contributed by atoms with van der Waals surface area (Å²) in [6.45, 7) is 1.64. The summed E-state index contributed by atoms with van der Waals surface area (Å²) >= 11 is 3.52. The summed E-state index contributed by atoms with van der Waals surface area (Å²) in [5.41, 5.74) is 6.48. The summed E-state index contributed by atoms with van der Waals surface area (Å²) in [5, 5.41) is 8.07. The third kappa shape index (κ3) is 5.41. The van der Waals surface area contributed by atoms with Gasteiger partial charge in [0.25, 0.3) is 0 Å². The topological polar surface area (TPSA) is 40.0 Å². The molecule has 0 radical (unpaired) electrons. The van der Waals surface area contributed by atoms with Gasteiger partial charge >= 0.3 is 0 Å². The van der Waals surface area contributed by atoms with Gasteiger partial charge in [-0.15, -0.1) is 24.8 Å². The third-order valence-electron chi connectivity index (χ3n) is 6.22. The molecule has 3 heterocycles. The molecule has 0 saturated heterocycles. The Balaban J connectivity index is 0.00000144. The molecule has 8 heteroatoms. The average Bonchev–Trinajstić information content (AvgIpc) is 3.42. The highest BCUT2D eigenvalue weighted by molar-refractivity contribution is 8.17. The van der Waals surface area contributed by atoms with Gasteiger partial charge in [0.2, 0.25) is 0 Å². The molecule has 3 aromatic rings. The summed E-state index contributed by atoms with van der Waals surface area (Å²) in [7, 11) is 0. The molecule has 0 spiro atoms. The van der Waals surface area contributed by atoms with E-state index in [0.29, 0.717) is 0 Å². The predicted octanol–water partition coefficient (Wildman–Crippen LogP) is 6.97. The number of nitrogens with zero attached hydrogens (tertiary/aromatic N) is 3. The highest BCUT2D eigenvalue weighted by Gasteiger charge is 2.32. The van der Waals surface area contributed by atoms with Crippen LogP contribution >= 0.6 is 48.3 Å². The van der Waals surface area contributed by atoms with Crippen LogP contribution in [0.15, 0.2) is 106 Å². The first kappa shape index (κ1) is 25.7. The van der Waals surface area contributed by atoms with Crippen molar-refractivity contribution in [2.75, 3.05) is 5.75 Å². The van der Waals surface area contributed by atoms with Gasteiger partial charge in [0.15, 0.2) is 10.3 Å². The van der Waals surface area contributed by atoms with Gasteiger partial charge in [-0.05, 0) is 27.7 Å². The molecule has 4 nitrogen and oxygen atoms in total. The normalized spacial score (nSPS) is 20.1. The van der Waals surface area contributed by atoms with E-state index >= 15 is 0 Å². The molecular weight excluding hydrogens is 515 g/mol. The third-order valence-corrected chi connectivity index (χ3v) is 8.10. The molecular formula is C27H26Cl2N4S2. The van der Waals surface area contributed by atoms with E-state index in [4.69, 9.17) is 9.98 Å². The molecule has 0 unspecified atom stereocenters. The molecule has 0 saturated carbocycles. The second-order valence-electron chi connectivity index (χ2n) is 8.29. The number of rotatable bonds is 4. The van der Waals surface area contributed by atoms with Crippen molar-refractivity contribution in [2.24, 2.45) is 9.98 Å². The molecule has 0 bridgehead atoms. The monoisotopic (exact) mass is 540 g/mol. The van der Waals surface area contributed by atoms with Crippen molar-refractivity contribution >= 4 is 58.7 Å². The summed E-state index contributed by atoms with van der Waals surface area (Å²) in [6.07, 6.45) is 0. The SMILES string of the molecule is C1=C(CSC2=N[C@@H](c3ccccc3)[C@H](c3ccccc3)N2)N2Cc3ccccc3CN=C2S1.Cl.Cl. The molecule has 2 atom stereocenters. The molecule has 0 aliphatic carbocycles. The van der Waals surface area contributed by atoms with Crippen molar-refractivity contribution < 1.29 is 0 Å².